The van der Waals surface area contributed by atoms with E-state index in [4.69, 9.17) is 31.2 Å². The molecule has 0 radical (unpaired) electrons. The van der Waals surface area contributed by atoms with Crippen LogP contribution in [-0.4, -0.2) is 77.2 Å². The van der Waals surface area contributed by atoms with Crippen molar-refractivity contribution in [3.63, 3.8) is 0 Å². The fourth-order valence-corrected chi connectivity index (χ4v) is 3.94. The minimum Gasteiger partial charge on any atom is -0.394 e. The zero-order valence-electron chi connectivity index (χ0n) is 20.8. The average Bonchev–Trinajstić information content (AvgIpc) is 3.44. The molecular weight excluding hydrogens is 500 g/mol. The normalized spacial score (nSPS) is 25.9. The molecule has 4 heterocycles. The van der Waals surface area contributed by atoms with Crippen molar-refractivity contribution in [2.75, 3.05) is 24.7 Å². The Bertz CT molecular complexity index is 1280. The van der Waals surface area contributed by atoms with E-state index in [0.717, 1.165) is 0 Å². The summed E-state index contributed by atoms with van der Waals surface area (Å²) in [4.78, 5) is 30.9. The van der Waals surface area contributed by atoms with Gasteiger partial charge in [0.15, 0.2) is 0 Å². The first-order valence-electron chi connectivity index (χ1n) is 11.6. The Balaban J connectivity index is 0.000000211. The molecule has 2 saturated heterocycles. The second-order valence-corrected chi connectivity index (χ2v) is 8.44. The largest absolute Gasteiger partial charge is 0.394 e. The SMILES string of the molecule is CC#Cc1cn([C@H]2C[C@H](O)[C@@H](CO)O2)c(=O)nc1N.CC#Cc1cn([C@H]2C[C@H](O)[C@@H](CO)O2)c(=O)nc1N. The number of aliphatic hydroxyl groups is 4. The number of anilines is 2. The summed E-state index contributed by atoms with van der Waals surface area (Å²) in [6.45, 7) is 2.67. The summed E-state index contributed by atoms with van der Waals surface area (Å²) < 4.78 is 13.3. The van der Waals surface area contributed by atoms with Crippen LogP contribution >= 0.6 is 0 Å². The van der Waals surface area contributed by atoms with E-state index in [1.165, 1.54) is 21.5 Å². The average molecular weight is 531 g/mol. The van der Waals surface area contributed by atoms with E-state index < -0.39 is 48.3 Å². The molecule has 14 nitrogen and oxygen atoms in total. The highest BCUT2D eigenvalue weighted by molar-refractivity contribution is 5.49. The standard InChI is InChI=1S/2C12H15N3O4/c2*1-2-3-7-5-15(12(18)14-11(7)13)10-4-8(17)9(6-16)19-10/h2*5,8-10,16-17H,4,6H2,1H3,(H2,13,14,18)/t2*8-,9+,10+/m00/s1. The second-order valence-electron chi connectivity index (χ2n) is 8.44. The predicted octanol–water partition coefficient (Wildman–Crippen LogP) is -2.32. The molecular formula is C24H30N6O8. The van der Waals surface area contributed by atoms with Crippen molar-refractivity contribution in [1.82, 2.24) is 19.1 Å². The summed E-state index contributed by atoms with van der Waals surface area (Å²) in [5.41, 5.74) is 10.9. The first-order valence-corrected chi connectivity index (χ1v) is 11.6. The van der Waals surface area contributed by atoms with Crippen LogP contribution in [0, 0.1) is 23.7 Å². The number of hydrogen-bond acceptors (Lipinski definition) is 12. The van der Waals surface area contributed by atoms with Crippen LogP contribution in [0.4, 0.5) is 11.6 Å². The van der Waals surface area contributed by atoms with Crippen molar-refractivity contribution in [3.8, 4) is 23.7 Å². The van der Waals surface area contributed by atoms with Gasteiger partial charge in [-0.1, -0.05) is 11.8 Å². The highest BCUT2D eigenvalue weighted by atomic mass is 16.5. The molecule has 2 aliphatic heterocycles. The summed E-state index contributed by atoms with van der Waals surface area (Å²) in [5, 5.41) is 37.4. The molecule has 0 bridgehead atoms. The first-order chi connectivity index (χ1) is 18.1. The summed E-state index contributed by atoms with van der Waals surface area (Å²) in [6, 6.07) is 0. The van der Waals surface area contributed by atoms with Gasteiger partial charge in [-0.3, -0.25) is 9.13 Å². The lowest BCUT2D eigenvalue weighted by molar-refractivity contribution is -0.0458. The maximum Gasteiger partial charge on any atom is 0.351 e. The van der Waals surface area contributed by atoms with Gasteiger partial charge in [0.2, 0.25) is 0 Å². The molecule has 14 heteroatoms. The van der Waals surface area contributed by atoms with Crippen molar-refractivity contribution in [2.24, 2.45) is 0 Å². The van der Waals surface area contributed by atoms with Crippen molar-refractivity contribution >= 4 is 11.6 Å². The van der Waals surface area contributed by atoms with Gasteiger partial charge in [-0.15, -0.1) is 11.8 Å². The Hall–Kier alpha value is -3.76. The zero-order valence-corrected chi connectivity index (χ0v) is 20.8. The Morgan fingerprint density at radius 1 is 0.842 bits per heavy atom. The van der Waals surface area contributed by atoms with E-state index in [-0.39, 0.29) is 37.7 Å². The summed E-state index contributed by atoms with van der Waals surface area (Å²) in [5.74, 6) is 11.0. The lowest BCUT2D eigenvalue weighted by Gasteiger charge is -2.14. The van der Waals surface area contributed by atoms with Crippen LogP contribution in [0.2, 0.25) is 0 Å². The van der Waals surface area contributed by atoms with Gasteiger partial charge in [-0.2, -0.15) is 9.97 Å². The van der Waals surface area contributed by atoms with Gasteiger partial charge in [0, 0.05) is 25.2 Å². The maximum absolute atomic E-state index is 11.8. The van der Waals surface area contributed by atoms with E-state index in [0.29, 0.717) is 11.1 Å². The van der Waals surface area contributed by atoms with E-state index >= 15 is 0 Å². The minimum atomic E-state index is -0.819. The van der Waals surface area contributed by atoms with Gasteiger partial charge in [-0.05, 0) is 13.8 Å². The van der Waals surface area contributed by atoms with Crippen LogP contribution in [-0.2, 0) is 9.47 Å². The zero-order chi connectivity index (χ0) is 28.0. The summed E-state index contributed by atoms with van der Waals surface area (Å²) in [6.07, 6.45) is -1.07. The van der Waals surface area contributed by atoms with Gasteiger partial charge < -0.3 is 41.4 Å². The molecule has 0 spiro atoms. The number of aromatic nitrogens is 4. The second kappa shape index (κ2) is 12.7. The molecule has 4 rings (SSSR count). The van der Waals surface area contributed by atoms with E-state index in [1.54, 1.807) is 13.8 Å². The molecule has 8 N–H and O–H groups in total. The molecule has 204 valence electrons. The number of aliphatic hydroxyl groups excluding tert-OH is 4. The van der Waals surface area contributed by atoms with Gasteiger partial charge >= 0.3 is 11.4 Å². The smallest absolute Gasteiger partial charge is 0.351 e. The molecule has 0 amide bonds. The molecule has 2 aromatic heterocycles. The monoisotopic (exact) mass is 530 g/mol. The maximum atomic E-state index is 11.8. The van der Waals surface area contributed by atoms with Gasteiger partial charge in [0.25, 0.3) is 0 Å². The third-order valence-electron chi connectivity index (χ3n) is 5.87. The first kappa shape index (κ1) is 28.8. The number of ether oxygens (including phenoxy) is 2. The summed E-state index contributed by atoms with van der Waals surface area (Å²) >= 11 is 0. The molecule has 0 aromatic carbocycles. The van der Waals surface area contributed by atoms with Crippen LogP contribution < -0.4 is 22.8 Å². The topological polar surface area (TPSA) is 221 Å². The van der Waals surface area contributed by atoms with Gasteiger partial charge in [0.05, 0.1) is 36.5 Å². The minimum absolute atomic E-state index is 0.0628. The van der Waals surface area contributed by atoms with E-state index in [2.05, 4.69) is 33.6 Å². The molecule has 0 unspecified atom stereocenters. The van der Waals surface area contributed by atoms with Crippen molar-refractivity contribution in [2.45, 2.75) is 63.6 Å². The highest BCUT2D eigenvalue weighted by Gasteiger charge is 2.36. The number of nitrogens with two attached hydrogens (primary N) is 2. The molecule has 2 aromatic rings. The van der Waals surface area contributed by atoms with Crippen molar-refractivity contribution < 1.29 is 29.9 Å². The van der Waals surface area contributed by atoms with Crippen molar-refractivity contribution in [1.29, 1.82) is 0 Å². The van der Waals surface area contributed by atoms with Crippen LogP contribution in [0.15, 0.2) is 22.0 Å². The van der Waals surface area contributed by atoms with Gasteiger partial charge in [0.1, 0.15) is 36.3 Å². The Morgan fingerprint density at radius 3 is 1.50 bits per heavy atom. The number of hydrogen-bond donors (Lipinski definition) is 6. The Labute approximate surface area is 217 Å². The van der Waals surface area contributed by atoms with Crippen LogP contribution in [0.25, 0.3) is 0 Å². The Kier molecular flexibility index (Phi) is 9.60. The third kappa shape index (κ3) is 6.38. The molecule has 0 saturated carbocycles. The van der Waals surface area contributed by atoms with Crippen LogP contribution in [0.3, 0.4) is 0 Å². The molecule has 2 aliphatic rings. The number of nitrogens with zero attached hydrogens (tertiary/aromatic N) is 4. The molecule has 2 fully saturated rings. The van der Waals surface area contributed by atoms with Crippen molar-refractivity contribution in [3.05, 3.63) is 44.5 Å². The molecule has 0 aliphatic carbocycles. The van der Waals surface area contributed by atoms with E-state index in [1.807, 2.05) is 0 Å². The third-order valence-corrected chi connectivity index (χ3v) is 5.87. The number of nitrogen functional groups attached to an aromatic ring is 2. The molecule has 6 atom stereocenters. The Morgan fingerprint density at radius 2 is 1.21 bits per heavy atom. The van der Waals surface area contributed by atoms with Gasteiger partial charge in [-0.25, -0.2) is 9.59 Å². The predicted molar refractivity (Wildman–Crippen MR) is 134 cm³/mol. The number of rotatable bonds is 4. The quantitative estimate of drug-likeness (QED) is 0.229. The lowest BCUT2D eigenvalue weighted by Crippen LogP contribution is -2.28. The van der Waals surface area contributed by atoms with Crippen LogP contribution in [0.5, 0.6) is 0 Å². The fraction of sp³-hybridized carbons (Fsp3) is 0.500. The molecule has 38 heavy (non-hydrogen) atoms. The fourth-order valence-electron chi connectivity index (χ4n) is 3.94. The highest BCUT2D eigenvalue weighted by Crippen LogP contribution is 2.28. The van der Waals surface area contributed by atoms with E-state index in [9.17, 15) is 19.8 Å². The summed E-state index contributed by atoms with van der Waals surface area (Å²) in [7, 11) is 0. The van der Waals surface area contributed by atoms with Crippen LogP contribution in [0.1, 0.15) is 50.3 Å². The lowest BCUT2D eigenvalue weighted by atomic mass is 10.2.